The number of aliphatic carboxylic acids is 2. The Morgan fingerprint density at radius 2 is 0.986 bits per heavy atom. The number of carbonyl (C=O) groups is 9. The van der Waals surface area contributed by atoms with Gasteiger partial charge in [-0.1, -0.05) is 53.7 Å². The van der Waals surface area contributed by atoms with E-state index in [4.69, 9.17) is 9.47 Å². The number of nitrogens with zero attached hydrogens (tertiary/aromatic N) is 4. The lowest BCUT2D eigenvalue weighted by Crippen LogP contribution is -2.59. The van der Waals surface area contributed by atoms with Crippen LogP contribution in [0.5, 0.6) is 0 Å². The average molecular weight is 973 g/mol. The van der Waals surface area contributed by atoms with Crippen LogP contribution >= 0.6 is 0 Å². The van der Waals surface area contributed by atoms with Crippen LogP contribution in [0.3, 0.4) is 0 Å². The minimum atomic E-state index is -1.30. The van der Waals surface area contributed by atoms with Crippen LogP contribution in [-0.2, 0) is 44.8 Å². The standard InChI is InChI=1S/C48H76N8O13/c1-26(53(15)43(66)68-47(9,10)11)36(57)51-34(45(3,4)5)39(60)55-24-30(21-32(55)41(62)63)49-23-28-17-19-29(20-18-28)38(59)50-31-22-33(42(64)65)56(25-31)40(61)35(46(6,7)8)52-37(58)27(2)54(16)44(67)69-48(12,13)14/h17-20,26-27,30-35,49H,21-25H2,1-16H3,(H,50,59)(H,51,57)(H,52,58)(H,62,63)(H,64,65)/t26-,27-,30-,31-,32-,33-,34+,35+/m0/s1. The fourth-order valence-electron chi connectivity index (χ4n) is 7.68. The Morgan fingerprint density at radius 3 is 1.33 bits per heavy atom. The number of ether oxygens (including phenoxy) is 2. The van der Waals surface area contributed by atoms with E-state index in [2.05, 4.69) is 21.3 Å². The highest BCUT2D eigenvalue weighted by atomic mass is 16.6. The largest absolute Gasteiger partial charge is 0.480 e. The molecule has 2 saturated heterocycles. The van der Waals surface area contributed by atoms with E-state index in [0.29, 0.717) is 0 Å². The second kappa shape index (κ2) is 22.2. The van der Waals surface area contributed by atoms with Gasteiger partial charge in [0.15, 0.2) is 0 Å². The fraction of sp³-hybridized carbons (Fsp3) is 0.688. The van der Waals surface area contributed by atoms with Crippen molar-refractivity contribution in [2.24, 2.45) is 10.8 Å². The first-order chi connectivity index (χ1) is 31.4. The number of likely N-dealkylation sites (tertiary alicyclic amines) is 2. The summed E-state index contributed by atoms with van der Waals surface area (Å²) in [7, 11) is 2.81. The molecule has 1 aromatic rings. The van der Waals surface area contributed by atoms with Crippen molar-refractivity contribution in [2.75, 3.05) is 27.2 Å². The molecule has 21 nitrogen and oxygen atoms in total. The highest BCUT2D eigenvalue weighted by Gasteiger charge is 2.47. The van der Waals surface area contributed by atoms with Gasteiger partial charge in [0, 0.05) is 57.8 Å². The van der Waals surface area contributed by atoms with E-state index in [0.717, 1.165) is 20.3 Å². The van der Waals surface area contributed by atoms with E-state index in [-0.39, 0.29) is 38.0 Å². The van der Waals surface area contributed by atoms with Gasteiger partial charge in [-0.25, -0.2) is 19.2 Å². The van der Waals surface area contributed by atoms with Crippen LogP contribution in [0.4, 0.5) is 9.59 Å². The summed E-state index contributed by atoms with van der Waals surface area (Å²) < 4.78 is 10.7. The van der Waals surface area contributed by atoms with Gasteiger partial charge in [0.25, 0.3) is 5.91 Å². The maximum Gasteiger partial charge on any atom is 0.410 e. The molecule has 0 unspecified atom stereocenters. The molecule has 21 heteroatoms. The van der Waals surface area contributed by atoms with Gasteiger partial charge in [-0.15, -0.1) is 0 Å². The minimum Gasteiger partial charge on any atom is -0.480 e. The van der Waals surface area contributed by atoms with Crippen LogP contribution in [0.2, 0.25) is 0 Å². The quantitative estimate of drug-likeness (QED) is 0.147. The zero-order chi connectivity index (χ0) is 52.9. The number of benzene rings is 1. The molecule has 2 aliphatic rings. The lowest BCUT2D eigenvalue weighted by molar-refractivity contribution is -0.151. The molecule has 2 aliphatic heterocycles. The maximum atomic E-state index is 14.1. The number of carbonyl (C=O) groups excluding carboxylic acids is 7. The van der Waals surface area contributed by atoms with E-state index >= 15 is 0 Å². The summed E-state index contributed by atoms with van der Waals surface area (Å²) >= 11 is 0. The predicted octanol–water partition coefficient (Wildman–Crippen LogP) is 3.19. The van der Waals surface area contributed by atoms with Gasteiger partial charge >= 0.3 is 24.1 Å². The van der Waals surface area contributed by atoms with Crippen molar-refractivity contribution >= 4 is 53.7 Å². The van der Waals surface area contributed by atoms with Gasteiger partial charge in [-0.3, -0.25) is 33.8 Å². The van der Waals surface area contributed by atoms with Gasteiger partial charge < -0.3 is 50.8 Å². The molecule has 69 heavy (non-hydrogen) atoms. The number of amides is 7. The zero-order valence-corrected chi connectivity index (χ0v) is 43.1. The summed E-state index contributed by atoms with van der Waals surface area (Å²) in [5, 5.41) is 31.9. The molecular weight excluding hydrogens is 897 g/mol. The van der Waals surface area contributed by atoms with Crippen LogP contribution in [0.25, 0.3) is 0 Å². The van der Waals surface area contributed by atoms with Gasteiger partial charge in [-0.2, -0.15) is 0 Å². The molecule has 0 aliphatic carbocycles. The maximum absolute atomic E-state index is 14.1. The minimum absolute atomic E-state index is 0.0256. The zero-order valence-electron chi connectivity index (χ0n) is 43.1. The lowest BCUT2D eigenvalue weighted by Gasteiger charge is -2.36. The van der Waals surface area contributed by atoms with E-state index in [1.165, 1.54) is 32.8 Å². The SMILES string of the molecule is C[C@@H](C(=O)N[C@H](C(=O)N1C[C@@H](NCc2ccc(C(=O)N[C@H]3C[C@@H](C(=O)O)N(C(=O)[C@@H](NC(=O)[C@H](C)N(C)C(=O)OC(C)(C)C)C(C)(C)C)C3)cc2)C[C@H]1C(=O)O)C(C)(C)C)N(C)C(=O)OC(C)(C)C. The first-order valence-corrected chi connectivity index (χ1v) is 23.2. The van der Waals surface area contributed by atoms with Gasteiger partial charge in [0.05, 0.1) is 0 Å². The van der Waals surface area contributed by atoms with E-state index in [9.17, 15) is 53.4 Å². The number of rotatable bonds is 15. The Kier molecular flexibility index (Phi) is 18.4. The number of likely N-dealkylation sites (N-methyl/N-ethyl adjacent to an activating group) is 2. The Bertz CT molecular complexity index is 2090. The first kappa shape index (κ1) is 57.3. The summed E-state index contributed by atoms with van der Waals surface area (Å²) in [6, 6.07) is -1.55. The number of hydrogen-bond acceptors (Lipinski definition) is 12. The van der Waals surface area contributed by atoms with Crippen molar-refractivity contribution in [3.8, 4) is 0 Å². The second-order valence-electron chi connectivity index (χ2n) is 22.3. The molecule has 0 bridgehead atoms. The highest BCUT2D eigenvalue weighted by molar-refractivity contribution is 5.96. The Balaban J connectivity index is 1.66. The smallest absolute Gasteiger partial charge is 0.410 e. The molecule has 386 valence electrons. The predicted molar refractivity (Wildman–Crippen MR) is 254 cm³/mol. The molecule has 8 atom stereocenters. The summed E-state index contributed by atoms with van der Waals surface area (Å²) in [4.78, 5) is 123. The third-order valence-corrected chi connectivity index (χ3v) is 12.0. The summed E-state index contributed by atoms with van der Waals surface area (Å²) in [5.74, 6) is -5.53. The van der Waals surface area contributed by atoms with Gasteiger partial charge in [0.2, 0.25) is 23.6 Å². The normalized spacial score (nSPS) is 20.4. The van der Waals surface area contributed by atoms with Crippen molar-refractivity contribution in [3.05, 3.63) is 35.4 Å². The molecule has 2 heterocycles. The Hall–Kier alpha value is -5.99. The molecule has 7 amide bonds. The fourth-order valence-corrected chi connectivity index (χ4v) is 7.68. The lowest BCUT2D eigenvalue weighted by atomic mass is 9.85. The van der Waals surface area contributed by atoms with Crippen LogP contribution in [0, 0.1) is 10.8 Å². The molecule has 3 rings (SSSR count). The molecule has 1 aromatic carbocycles. The van der Waals surface area contributed by atoms with Crippen LogP contribution in [0.15, 0.2) is 24.3 Å². The molecule has 6 N–H and O–H groups in total. The van der Waals surface area contributed by atoms with Crippen molar-refractivity contribution in [1.29, 1.82) is 0 Å². The average Bonchev–Trinajstić information content (AvgIpc) is 3.85. The van der Waals surface area contributed by atoms with Crippen LogP contribution in [0.1, 0.15) is 126 Å². The third kappa shape index (κ3) is 15.8. The monoisotopic (exact) mass is 973 g/mol. The van der Waals surface area contributed by atoms with Crippen molar-refractivity contribution < 1.29 is 62.8 Å². The van der Waals surface area contributed by atoms with Crippen molar-refractivity contribution in [3.63, 3.8) is 0 Å². The topological polar surface area (TPSA) is 274 Å². The number of carboxylic acid groups (broad SMARTS) is 2. The molecule has 2 fully saturated rings. The third-order valence-electron chi connectivity index (χ3n) is 12.0. The van der Waals surface area contributed by atoms with Crippen molar-refractivity contribution in [1.82, 2.24) is 40.9 Å². The molecular formula is C48H76N8O13. The van der Waals surface area contributed by atoms with Gasteiger partial charge in [-0.05, 0) is 90.3 Å². The molecule has 0 aromatic heterocycles. The summed E-state index contributed by atoms with van der Waals surface area (Å²) in [6.07, 6.45) is -1.48. The first-order valence-electron chi connectivity index (χ1n) is 23.2. The van der Waals surface area contributed by atoms with Crippen molar-refractivity contribution in [2.45, 2.75) is 176 Å². The number of hydrogen-bond donors (Lipinski definition) is 6. The van der Waals surface area contributed by atoms with Crippen LogP contribution < -0.4 is 21.3 Å². The highest BCUT2D eigenvalue weighted by Crippen LogP contribution is 2.29. The Morgan fingerprint density at radius 1 is 0.623 bits per heavy atom. The van der Waals surface area contributed by atoms with E-state index in [1.807, 2.05) is 0 Å². The summed E-state index contributed by atoms with van der Waals surface area (Å²) in [6.45, 7) is 23.6. The Labute approximate surface area is 405 Å². The molecule has 0 spiro atoms. The van der Waals surface area contributed by atoms with E-state index in [1.54, 1.807) is 107 Å². The number of nitrogens with one attached hydrogen (secondary N) is 4. The van der Waals surface area contributed by atoms with Gasteiger partial charge in [0.1, 0.15) is 47.5 Å². The molecule has 0 saturated carbocycles. The van der Waals surface area contributed by atoms with E-state index < -0.39 is 124 Å². The van der Waals surface area contributed by atoms with Crippen LogP contribution in [-0.4, -0.2) is 170 Å². The molecule has 0 radical (unpaired) electrons. The second-order valence-corrected chi connectivity index (χ2v) is 22.3. The number of carboxylic acids is 2. The summed E-state index contributed by atoms with van der Waals surface area (Å²) in [5.41, 5.74) is -2.35.